The van der Waals surface area contributed by atoms with Gasteiger partial charge in [-0.15, -0.1) is 0 Å². The zero-order chi connectivity index (χ0) is 12.8. The lowest BCUT2D eigenvalue weighted by Gasteiger charge is -2.26. The van der Waals surface area contributed by atoms with Crippen LogP contribution in [0.15, 0.2) is 12.1 Å². The standard InChI is InChI=1S/C15H26N2/c1-6-8-11(3)15(16-7-2)14-10-9-12(4)17-13(14)5/h9-11,15-16H,6-8H2,1-5H3. The number of pyridine rings is 1. The summed E-state index contributed by atoms with van der Waals surface area (Å²) in [7, 11) is 0. The van der Waals surface area contributed by atoms with Gasteiger partial charge < -0.3 is 5.32 Å². The maximum absolute atomic E-state index is 4.58. The smallest absolute Gasteiger partial charge is 0.0423 e. The first-order valence-corrected chi connectivity index (χ1v) is 6.77. The van der Waals surface area contributed by atoms with Gasteiger partial charge in [-0.25, -0.2) is 0 Å². The van der Waals surface area contributed by atoms with Crippen LogP contribution in [0.3, 0.4) is 0 Å². The van der Waals surface area contributed by atoms with Crippen LogP contribution in [-0.4, -0.2) is 11.5 Å². The number of nitrogens with one attached hydrogen (secondary N) is 1. The van der Waals surface area contributed by atoms with Crippen molar-refractivity contribution in [2.75, 3.05) is 6.54 Å². The van der Waals surface area contributed by atoms with Crippen molar-refractivity contribution in [3.8, 4) is 0 Å². The van der Waals surface area contributed by atoms with Gasteiger partial charge in [0.05, 0.1) is 0 Å². The number of hydrogen-bond donors (Lipinski definition) is 1. The molecule has 2 unspecified atom stereocenters. The van der Waals surface area contributed by atoms with Crippen molar-refractivity contribution in [3.63, 3.8) is 0 Å². The average Bonchev–Trinajstić information content (AvgIpc) is 2.27. The molecule has 0 aromatic carbocycles. The molecule has 0 fully saturated rings. The Bertz CT molecular complexity index is 347. The SMILES string of the molecule is CCCC(C)C(NCC)c1ccc(C)nc1C. The van der Waals surface area contributed by atoms with E-state index < -0.39 is 0 Å². The van der Waals surface area contributed by atoms with Gasteiger partial charge in [-0.2, -0.15) is 0 Å². The fraction of sp³-hybridized carbons (Fsp3) is 0.667. The Morgan fingerprint density at radius 1 is 1.24 bits per heavy atom. The molecule has 0 radical (unpaired) electrons. The van der Waals surface area contributed by atoms with Crippen LogP contribution in [0, 0.1) is 19.8 Å². The first kappa shape index (κ1) is 14.2. The van der Waals surface area contributed by atoms with Crippen LogP contribution >= 0.6 is 0 Å². The fourth-order valence-electron chi connectivity index (χ4n) is 2.49. The molecule has 2 heteroatoms. The van der Waals surface area contributed by atoms with E-state index in [1.165, 1.54) is 24.1 Å². The number of rotatable bonds is 6. The lowest BCUT2D eigenvalue weighted by atomic mass is 9.90. The highest BCUT2D eigenvalue weighted by Gasteiger charge is 2.19. The maximum atomic E-state index is 4.58. The number of aromatic nitrogens is 1. The lowest BCUT2D eigenvalue weighted by Crippen LogP contribution is -2.27. The molecule has 1 heterocycles. The summed E-state index contributed by atoms with van der Waals surface area (Å²) in [4.78, 5) is 4.58. The molecule has 0 spiro atoms. The Hall–Kier alpha value is -0.890. The van der Waals surface area contributed by atoms with Gasteiger partial charge in [0.1, 0.15) is 0 Å². The Balaban J connectivity index is 2.96. The van der Waals surface area contributed by atoms with Crippen LogP contribution in [-0.2, 0) is 0 Å². The van der Waals surface area contributed by atoms with Gasteiger partial charge in [0.2, 0.25) is 0 Å². The molecule has 1 rings (SSSR count). The van der Waals surface area contributed by atoms with E-state index in [9.17, 15) is 0 Å². The molecule has 0 saturated carbocycles. The molecule has 0 aliphatic carbocycles. The minimum absolute atomic E-state index is 0.438. The summed E-state index contributed by atoms with van der Waals surface area (Å²) < 4.78 is 0. The highest BCUT2D eigenvalue weighted by Crippen LogP contribution is 2.27. The van der Waals surface area contributed by atoms with Gasteiger partial charge in [0, 0.05) is 17.4 Å². The first-order chi connectivity index (χ1) is 8.10. The Kier molecular flexibility index (Phi) is 5.63. The van der Waals surface area contributed by atoms with E-state index in [1.807, 2.05) is 0 Å². The van der Waals surface area contributed by atoms with Gasteiger partial charge in [0.25, 0.3) is 0 Å². The third kappa shape index (κ3) is 3.81. The Morgan fingerprint density at radius 3 is 2.47 bits per heavy atom. The third-order valence-electron chi connectivity index (χ3n) is 3.34. The van der Waals surface area contributed by atoms with Crippen molar-refractivity contribution < 1.29 is 0 Å². The van der Waals surface area contributed by atoms with Crippen molar-refractivity contribution >= 4 is 0 Å². The minimum Gasteiger partial charge on any atom is -0.310 e. The van der Waals surface area contributed by atoms with Crippen LogP contribution in [0.25, 0.3) is 0 Å². The van der Waals surface area contributed by atoms with Gasteiger partial charge >= 0.3 is 0 Å². The molecule has 17 heavy (non-hydrogen) atoms. The van der Waals surface area contributed by atoms with Crippen LogP contribution in [0.5, 0.6) is 0 Å². The molecule has 2 atom stereocenters. The average molecular weight is 234 g/mol. The number of hydrogen-bond acceptors (Lipinski definition) is 2. The Labute approximate surface area is 106 Å². The zero-order valence-corrected chi connectivity index (χ0v) is 11.9. The predicted molar refractivity (Wildman–Crippen MR) is 74.2 cm³/mol. The van der Waals surface area contributed by atoms with E-state index in [0.717, 1.165) is 12.2 Å². The molecular formula is C15H26N2. The quantitative estimate of drug-likeness (QED) is 0.810. The summed E-state index contributed by atoms with van der Waals surface area (Å²) in [6, 6.07) is 4.79. The molecular weight excluding hydrogens is 208 g/mol. The number of nitrogens with zero attached hydrogens (tertiary/aromatic N) is 1. The van der Waals surface area contributed by atoms with E-state index in [0.29, 0.717) is 12.0 Å². The van der Waals surface area contributed by atoms with E-state index in [1.54, 1.807) is 0 Å². The van der Waals surface area contributed by atoms with Crippen molar-refractivity contribution in [1.29, 1.82) is 0 Å². The molecule has 0 bridgehead atoms. The molecule has 0 aliphatic heterocycles. The van der Waals surface area contributed by atoms with Gasteiger partial charge in [0.15, 0.2) is 0 Å². The van der Waals surface area contributed by atoms with Crippen molar-refractivity contribution in [2.24, 2.45) is 5.92 Å². The van der Waals surface area contributed by atoms with Crippen molar-refractivity contribution in [2.45, 2.75) is 53.5 Å². The van der Waals surface area contributed by atoms with Crippen molar-refractivity contribution in [1.82, 2.24) is 10.3 Å². The summed E-state index contributed by atoms with van der Waals surface area (Å²) in [6.07, 6.45) is 2.49. The van der Waals surface area contributed by atoms with Crippen LogP contribution in [0.2, 0.25) is 0 Å². The second-order valence-corrected chi connectivity index (χ2v) is 4.93. The normalized spacial score (nSPS) is 14.6. The highest BCUT2D eigenvalue weighted by atomic mass is 14.9. The van der Waals surface area contributed by atoms with E-state index in [4.69, 9.17) is 0 Å². The first-order valence-electron chi connectivity index (χ1n) is 6.77. The highest BCUT2D eigenvalue weighted by molar-refractivity contribution is 5.25. The maximum Gasteiger partial charge on any atom is 0.0423 e. The zero-order valence-electron chi connectivity index (χ0n) is 11.9. The fourth-order valence-corrected chi connectivity index (χ4v) is 2.49. The topological polar surface area (TPSA) is 24.9 Å². The molecule has 2 nitrogen and oxygen atoms in total. The van der Waals surface area contributed by atoms with Crippen molar-refractivity contribution in [3.05, 3.63) is 29.1 Å². The second kappa shape index (κ2) is 6.75. The molecule has 0 saturated heterocycles. The van der Waals surface area contributed by atoms with E-state index >= 15 is 0 Å². The molecule has 0 aliphatic rings. The van der Waals surface area contributed by atoms with E-state index in [2.05, 4.69) is 57.1 Å². The van der Waals surface area contributed by atoms with Gasteiger partial charge in [-0.05, 0) is 44.4 Å². The Morgan fingerprint density at radius 2 is 1.94 bits per heavy atom. The molecule has 96 valence electrons. The van der Waals surface area contributed by atoms with E-state index in [-0.39, 0.29) is 0 Å². The molecule has 1 aromatic rings. The second-order valence-electron chi connectivity index (χ2n) is 4.93. The van der Waals surface area contributed by atoms with Crippen LogP contribution < -0.4 is 5.32 Å². The number of aryl methyl sites for hydroxylation is 2. The summed E-state index contributed by atoms with van der Waals surface area (Å²) in [5, 5.41) is 3.60. The van der Waals surface area contributed by atoms with Gasteiger partial charge in [-0.1, -0.05) is 33.3 Å². The molecule has 1 aromatic heterocycles. The van der Waals surface area contributed by atoms with Gasteiger partial charge in [-0.3, -0.25) is 4.98 Å². The lowest BCUT2D eigenvalue weighted by molar-refractivity contribution is 0.367. The third-order valence-corrected chi connectivity index (χ3v) is 3.34. The molecule has 1 N–H and O–H groups in total. The predicted octanol–water partition coefficient (Wildman–Crippen LogP) is 3.79. The monoisotopic (exact) mass is 234 g/mol. The minimum atomic E-state index is 0.438. The summed E-state index contributed by atoms with van der Waals surface area (Å²) in [6.45, 7) is 11.9. The molecule has 0 amide bonds. The summed E-state index contributed by atoms with van der Waals surface area (Å²) in [5.74, 6) is 0.656. The largest absolute Gasteiger partial charge is 0.310 e. The van der Waals surface area contributed by atoms with Crippen LogP contribution in [0.4, 0.5) is 0 Å². The summed E-state index contributed by atoms with van der Waals surface area (Å²) in [5.41, 5.74) is 3.63. The summed E-state index contributed by atoms with van der Waals surface area (Å²) >= 11 is 0. The van der Waals surface area contributed by atoms with Crippen LogP contribution in [0.1, 0.15) is 56.6 Å².